The Labute approximate surface area is 202 Å². The van der Waals surface area contributed by atoms with Crippen LogP contribution in [0.1, 0.15) is 29.0 Å². The minimum atomic E-state index is -4.44. The van der Waals surface area contributed by atoms with Gasteiger partial charge in [-0.2, -0.15) is 13.2 Å². The summed E-state index contributed by atoms with van der Waals surface area (Å²) in [7, 11) is 0. The molecular weight excluding hydrogens is 477 g/mol. The van der Waals surface area contributed by atoms with Crippen molar-refractivity contribution in [1.29, 1.82) is 0 Å². The summed E-state index contributed by atoms with van der Waals surface area (Å²) in [5.74, 6) is 2.26. The summed E-state index contributed by atoms with van der Waals surface area (Å²) in [6.07, 6.45) is -2.20. The van der Waals surface area contributed by atoms with E-state index in [9.17, 15) is 22.8 Å². The molecule has 3 heterocycles. The molecule has 0 bridgehead atoms. The number of rotatable bonds is 4. The van der Waals surface area contributed by atoms with Crippen LogP contribution in [0.25, 0.3) is 0 Å². The number of hydrogen-bond acceptors (Lipinski definition) is 5. The Balaban J connectivity index is 1.11. The molecule has 1 saturated carbocycles. The van der Waals surface area contributed by atoms with E-state index in [0.717, 1.165) is 23.3 Å². The zero-order chi connectivity index (χ0) is 25.0. The van der Waals surface area contributed by atoms with Crippen LogP contribution in [0.4, 0.5) is 29.5 Å². The van der Waals surface area contributed by atoms with E-state index in [1.54, 1.807) is 18.3 Å². The molecule has 6 rings (SSSR count). The number of ether oxygens (including phenoxy) is 2. The number of hydrogen-bond donors (Lipinski definition) is 3. The van der Waals surface area contributed by atoms with Crippen molar-refractivity contribution in [3.05, 3.63) is 71.4 Å². The van der Waals surface area contributed by atoms with Gasteiger partial charge in [0.1, 0.15) is 29.2 Å². The van der Waals surface area contributed by atoms with Crippen molar-refractivity contribution in [3.8, 4) is 17.2 Å². The Morgan fingerprint density at radius 1 is 1.11 bits per heavy atom. The van der Waals surface area contributed by atoms with Gasteiger partial charge in [0.15, 0.2) is 0 Å². The smallest absolute Gasteiger partial charge is 0.416 e. The zero-order valence-electron chi connectivity index (χ0n) is 18.6. The summed E-state index contributed by atoms with van der Waals surface area (Å²) in [6, 6.07) is 10.6. The Morgan fingerprint density at radius 3 is 2.69 bits per heavy atom. The monoisotopic (exact) mass is 496 g/mol. The highest BCUT2D eigenvalue weighted by Crippen LogP contribution is 2.54. The Morgan fingerprint density at radius 2 is 1.92 bits per heavy atom. The van der Waals surface area contributed by atoms with E-state index < -0.39 is 17.8 Å². The number of fused-ring (bicyclic) bond motifs is 4. The molecule has 36 heavy (non-hydrogen) atoms. The molecule has 3 amide bonds. The van der Waals surface area contributed by atoms with Gasteiger partial charge in [0, 0.05) is 29.4 Å². The number of urea groups is 1. The second kappa shape index (κ2) is 8.14. The summed E-state index contributed by atoms with van der Waals surface area (Å²) >= 11 is 0. The van der Waals surface area contributed by atoms with E-state index >= 15 is 0 Å². The number of anilines is 2. The molecule has 0 saturated heterocycles. The maximum Gasteiger partial charge on any atom is 0.416 e. The van der Waals surface area contributed by atoms with E-state index in [4.69, 9.17) is 9.47 Å². The standard InChI is InChI=1S/C25H19F3N4O4/c26-25(27,28)12-1-3-13(4-2-12)30-24(34)32-21-20-16-11-14(5-7-17(16)36-22(20)21)35-18-9-10-29-23-15(18)6-8-19(33)31-23/h1-5,7,9-11,20-22H,6,8H2,(H,29,31,33)(H2,30,32,34). The van der Waals surface area contributed by atoms with Crippen LogP contribution in [0.3, 0.4) is 0 Å². The van der Waals surface area contributed by atoms with Gasteiger partial charge < -0.3 is 25.4 Å². The quantitative estimate of drug-likeness (QED) is 0.481. The molecular formula is C25H19F3N4O4. The summed E-state index contributed by atoms with van der Waals surface area (Å²) in [6.45, 7) is 0. The van der Waals surface area contributed by atoms with E-state index in [2.05, 4.69) is 20.9 Å². The number of alkyl halides is 3. The van der Waals surface area contributed by atoms with Crippen molar-refractivity contribution in [2.75, 3.05) is 10.6 Å². The molecule has 1 aliphatic carbocycles. The van der Waals surface area contributed by atoms with E-state index in [-0.39, 0.29) is 29.7 Å². The average molecular weight is 496 g/mol. The number of amides is 3. The number of aromatic nitrogens is 1. The number of benzene rings is 2. The van der Waals surface area contributed by atoms with Gasteiger partial charge in [-0.3, -0.25) is 4.79 Å². The predicted octanol–water partition coefficient (Wildman–Crippen LogP) is 4.83. The number of carbonyl (C=O) groups excluding carboxylic acids is 2. The molecule has 8 nitrogen and oxygen atoms in total. The molecule has 3 unspecified atom stereocenters. The molecule has 0 spiro atoms. The molecule has 2 aliphatic heterocycles. The molecule has 3 N–H and O–H groups in total. The van der Waals surface area contributed by atoms with Gasteiger partial charge in [-0.25, -0.2) is 9.78 Å². The molecule has 0 radical (unpaired) electrons. The van der Waals surface area contributed by atoms with Gasteiger partial charge >= 0.3 is 12.2 Å². The van der Waals surface area contributed by atoms with E-state index in [1.807, 2.05) is 12.1 Å². The Hall–Kier alpha value is -4.28. The van der Waals surface area contributed by atoms with Crippen molar-refractivity contribution < 1.29 is 32.2 Å². The van der Waals surface area contributed by atoms with Gasteiger partial charge in [0.05, 0.1) is 17.5 Å². The lowest BCUT2D eigenvalue weighted by atomic mass is 10.1. The van der Waals surface area contributed by atoms with E-state index in [1.165, 1.54) is 12.1 Å². The molecule has 3 aliphatic rings. The molecule has 3 aromatic rings. The molecule has 184 valence electrons. The van der Waals surface area contributed by atoms with E-state index in [0.29, 0.717) is 35.9 Å². The minimum Gasteiger partial charge on any atom is -0.487 e. The highest BCUT2D eigenvalue weighted by molar-refractivity contribution is 5.93. The highest BCUT2D eigenvalue weighted by atomic mass is 19.4. The molecule has 11 heteroatoms. The number of halogens is 3. The number of nitrogens with zero attached hydrogens (tertiary/aromatic N) is 1. The fraction of sp³-hybridized carbons (Fsp3) is 0.240. The first-order valence-electron chi connectivity index (χ1n) is 11.3. The van der Waals surface area contributed by atoms with Crippen LogP contribution in [-0.4, -0.2) is 29.1 Å². The molecule has 2 aromatic carbocycles. The van der Waals surface area contributed by atoms with Gasteiger partial charge in [-0.15, -0.1) is 0 Å². The van der Waals surface area contributed by atoms with Crippen molar-refractivity contribution in [1.82, 2.24) is 10.3 Å². The normalized spacial score (nSPS) is 21.3. The number of nitrogens with one attached hydrogen (secondary N) is 3. The lowest BCUT2D eigenvalue weighted by Crippen LogP contribution is -2.34. The van der Waals surface area contributed by atoms with Crippen LogP contribution in [0, 0.1) is 0 Å². The van der Waals surface area contributed by atoms with Crippen LogP contribution in [0.5, 0.6) is 17.2 Å². The largest absolute Gasteiger partial charge is 0.487 e. The Bertz CT molecular complexity index is 1380. The fourth-order valence-corrected chi connectivity index (χ4v) is 4.62. The fourth-order valence-electron chi connectivity index (χ4n) is 4.62. The number of pyridine rings is 1. The summed E-state index contributed by atoms with van der Waals surface area (Å²) in [5, 5.41) is 8.11. The van der Waals surface area contributed by atoms with Crippen LogP contribution < -0.4 is 25.4 Å². The first-order chi connectivity index (χ1) is 17.3. The van der Waals surface area contributed by atoms with Crippen LogP contribution in [0.15, 0.2) is 54.7 Å². The van der Waals surface area contributed by atoms with Crippen LogP contribution in [-0.2, 0) is 17.4 Å². The second-order valence-electron chi connectivity index (χ2n) is 8.79. The van der Waals surface area contributed by atoms with Gasteiger partial charge in [-0.1, -0.05) is 0 Å². The van der Waals surface area contributed by atoms with Crippen LogP contribution in [0.2, 0.25) is 0 Å². The first-order valence-corrected chi connectivity index (χ1v) is 11.3. The summed E-state index contributed by atoms with van der Waals surface area (Å²) in [5.41, 5.74) is 1.19. The lowest BCUT2D eigenvalue weighted by molar-refractivity contribution is -0.137. The second-order valence-corrected chi connectivity index (χ2v) is 8.79. The minimum absolute atomic E-state index is 0.0625. The topological polar surface area (TPSA) is 102 Å². The van der Waals surface area contributed by atoms with Gasteiger partial charge in [0.25, 0.3) is 0 Å². The first kappa shape index (κ1) is 22.2. The Kier molecular flexibility index (Phi) is 5.02. The molecule has 3 atom stereocenters. The van der Waals surface area contributed by atoms with Crippen molar-refractivity contribution in [2.45, 2.75) is 37.1 Å². The average Bonchev–Trinajstić information content (AvgIpc) is 3.34. The van der Waals surface area contributed by atoms with Crippen molar-refractivity contribution in [2.24, 2.45) is 0 Å². The third-order valence-corrected chi connectivity index (χ3v) is 6.43. The molecule has 1 fully saturated rings. The van der Waals surface area contributed by atoms with Crippen molar-refractivity contribution in [3.63, 3.8) is 0 Å². The highest BCUT2D eigenvalue weighted by Gasteiger charge is 2.59. The summed E-state index contributed by atoms with van der Waals surface area (Å²) in [4.78, 5) is 28.2. The third kappa shape index (κ3) is 4.06. The van der Waals surface area contributed by atoms with Gasteiger partial charge in [-0.05, 0) is 55.0 Å². The maximum absolute atomic E-state index is 12.7. The predicted molar refractivity (Wildman–Crippen MR) is 122 cm³/mol. The van der Waals surface area contributed by atoms with Crippen molar-refractivity contribution >= 4 is 23.4 Å². The van der Waals surface area contributed by atoms with Gasteiger partial charge in [0.2, 0.25) is 5.91 Å². The SMILES string of the molecule is O=C1CCc2c(Oc3ccc4c(c3)C3C(NC(=O)Nc5ccc(C(F)(F)F)cc5)C3O4)ccnc2N1. The molecule has 1 aromatic heterocycles. The maximum atomic E-state index is 12.7. The lowest BCUT2D eigenvalue weighted by Gasteiger charge is -2.19. The number of carbonyl (C=O) groups is 2. The zero-order valence-corrected chi connectivity index (χ0v) is 18.6. The van der Waals surface area contributed by atoms with Crippen LogP contribution >= 0.6 is 0 Å². The third-order valence-electron chi connectivity index (χ3n) is 6.43. The summed E-state index contributed by atoms with van der Waals surface area (Å²) < 4.78 is 50.2.